The molecule has 1 atom stereocenters. The lowest BCUT2D eigenvalue weighted by Gasteiger charge is -2.18. The van der Waals surface area contributed by atoms with Crippen LogP contribution in [-0.4, -0.2) is 23.6 Å². The van der Waals surface area contributed by atoms with Crippen molar-refractivity contribution in [2.45, 2.75) is 19.1 Å². The number of hydrogen-bond donors (Lipinski definition) is 1. The van der Waals surface area contributed by atoms with Crippen molar-refractivity contribution in [1.29, 1.82) is 0 Å². The van der Waals surface area contributed by atoms with E-state index in [-0.39, 0.29) is 5.82 Å². The van der Waals surface area contributed by atoms with Gasteiger partial charge in [0.2, 0.25) is 0 Å². The Bertz CT molecular complexity index is 499. The summed E-state index contributed by atoms with van der Waals surface area (Å²) in [5.41, 5.74) is 0.355. The Morgan fingerprint density at radius 3 is 2.74 bits per heavy atom. The molecule has 1 aromatic carbocycles. The van der Waals surface area contributed by atoms with Gasteiger partial charge >= 0.3 is 0 Å². The molecule has 1 unspecified atom stereocenters. The van der Waals surface area contributed by atoms with E-state index in [9.17, 15) is 9.50 Å². The maximum atomic E-state index is 13.5. The van der Waals surface area contributed by atoms with Gasteiger partial charge in [-0.3, -0.25) is 4.90 Å². The number of benzene rings is 1. The lowest BCUT2D eigenvalue weighted by molar-refractivity contribution is 0.142. The molecule has 0 aliphatic carbocycles. The topological polar surface area (TPSA) is 36.6 Å². The summed E-state index contributed by atoms with van der Waals surface area (Å²) < 4.78 is 18.7. The summed E-state index contributed by atoms with van der Waals surface area (Å²) in [7, 11) is 1.94. The van der Waals surface area contributed by atoms with Gasteiger partial charge in [-0.2, -0.15) is 0 Å². The van der Waals surface area contributed by atoms with Crippen LogP contribution in [-0.2, 0) is 6.54 Å². The number of hydrogen-bond acceptors (Lipinski definition) is 3. The molecule has 1 heterocycles. The first-order valence-corrected chi connectivity index (χ1v) is 6.30. The van der Waals surface area contributed by atoms with Gasteiger partial charge in [-0.25, -0.2) is 4.39 Å². The normalized spacial score (nSPS) is 12.8. The van der Waals surface area contributed by atoms with Gasteiger partial charge in [0.1, 0.15) is 11.6 Å². The van der Waals surface area contributed by atoms with Crippen LogP contribution in [0.2, 0.25) is 0 Å². The molecule has 0 aliphatic rings. The van der Waals surface area contributed by atoms with Gasteiger partial charge in [-0.15, -0.1) is 0 Å². The lowest BCUT2D eigenvalue weighted by atomic mass is 10.1. The fraction of sp³-hybridized carbons (Fsp3) is 0.333. The number of aliphatic hydroxyl groups is 1. The first-order valence-electron chi connectivity index (χ1n) is 6.30. The van der Waals surface area contributed by atoms with E-state index in [4.69, 9.17) is 4.42 Å². The SMILES string of the molecule is CN(CCC(O)c1ccccc1F)Cc1ccco1. The second-order valence-corrected chi connectivity index (χ2v) is 4.64. The second-order valence-electron chi connectivity index (χ2n) is 4.64. The van der Waals surface area contributed by atoms with Crippen LogP contribution in [0.5, 0.6) is 0 Å². The number of aliphatic hydroxyl groups excluding tert-OH is 1. The third-order valence-electron chi connectivity index (χ3n) is 3.05. The minimum absolute atomic E-state index is 0.355. The Hall–Kier alpha value is -1.65. The summed E-state index contributed by atoms with van der Waals surface area (Å²) >= 11 is 0. The second kappa shape index (κ2) is 6.50. The molecule has 1 N–H and O–H groups in total. The number of rotatable bonds is 6. The highest BCUT2D eigenvalue weighted by Gasteiger charge is 2.13. The Balaban J connectivity index is 1.83. The molecule has 0 saturated heterocycles. The largest absolute Gasteiger partial charge is 0.468 e. The quantitative estimate of drug-likeness (QED) is 0.870. The van der Waals surface area contributed by atoms with Gasteiger partial charge in [-0.1, -0.05) is 18.2 Å². The summed E-state index contributed by atoms with van der Waals surface area (Å²) in [5.74, 6) is 0.520. The van der Waals surface area contributed by atoms with E-state index in [0.29, 0.717) is 25.1 Å². The zero-order valence-corrected chi connectivity index (χ0v) is 10.9. The van der Waals surface area contributed by atoms with Crippen LogP contribution in [0.25, 0.3) is 0 Å². The Morgan fingerprint density at radius 1 is 1.26 bits per heavy atom. The van der Waals surface area contributed by atoms with Crippen LogP contribution in [0, 0.1) is 5.82 Å². The minimum Gasteiger partial charge on any atom is -0.468 e. The third-order valence-corrected chi connectivity index (χ3v) is 3.05. The van der Waals surface area contributed by atoms with E-state index in [2.05, 4.69) is 0 Å². The van der Waals surface area contributed by atoms with Crippen LogP contribution >= 0.6 is 0 Å². The molecule has 3 nitrogen and oxygen atoms in total. The van der Waals surface area contributed by atoms with Crippen molar-refractivity contribution >= 4 is 0 Å². The molecule has 0 spiro atoms. The average Bonchev–Trinajstić information content (AvgIpc) is 2.89. The first kappa shape index (κ1) is 13.8. The molecule has 19 heavy (non-hydrogen) atoms. The number of halogens is 1. The lowest BCUT2D eigenvalue weighted by Crippen LogP contribution is -2.20. The number of furan rings is 1. The van der Waals surface area contributed by atoms with Crippen molar-refractivity contribution in [1.82, 2.24) is 4.90 Å². The van der Waals surface area contributed by atoms with Gasteiger partial charge in [0.25, 0.3) is 0 Å². The molecule has 0 fully saturated rings. The standard InChI is InChI=1S/C15H18FNO2/c1-17(11-12-5-4-10-19-12)9-8-15(18)13-6-2-3-7-14(13)16/h2-7,10,15,18H,8-9,11H2,1H3. The molecule has 0 amide bonds. The first-order chi connectivity index (χ1) is 9.16. The molecule has 102 valence electrons. The van der Waals surface area contributed by atoms with Gasteiger partial charge < -0.3 is 9.52 Å². The predicted molar refractivity (Wildman–Crippen MR) is 71.0 cm³/mol. The molecule has 2 rings (SSSR count). The molecule has 2 aromatic rings. The van der Waals surface area contributed by atoms with Crippen molar-refractivity contribution in [3.8, 4) is 0 Å². The summed E-state index contributed by atoms with van der Waals surface area (Å²) in [4.78, 5) is 2.03. The number of nitrogens with zero attached hydrogens (tertiary/aromatic N) is 1. The summed E-state index contributed by atoms with van der Waals surface area (Å²) in [6.07, 6.45) is 1.34. The third kappa shape index (κ3) is 3.91. The smallest absolute Gasteiger partial charge is 0.128 e. The van der Waals surface area contributed by atoms with Crippen LogP contribution in [0.1, 0.15) is 23.8 Å². The van der Waals surface area contributed by atoms with E-state index >= 15 is 0 Å². The monoisotopic (exact) mass is 263 g/mol. The van der Waals surface area contributed by atoms with Crippen LogP contribution in [0.15, 0.2) is 47.1 Å². The maximum Gasteiger partial charge on any atom is 0.128 e. The maximum absolute atomic E-state index is 13.5. The Labute approximate surface area is 112 Å². The molecular weight excluding hydrogens is 245 g/mol. The zero-order valence-electron chi connectivity index (χ0n) is 10.9. The fourth-order valence-corrected chi connectivity index (χ4v) is 1.99. The van der Waals surface area contributed by atoms with E-state index in [0.717, 1.165) is 5.76 Å². The average molecular weight is 263 g/mol. The van der Waals surface area contributed by atoms with Gasteiger partial charge in [-0.05, 0) is 31.7 Å². The highest BCUT2D eigenvalue weighted by atomic mass is 19.1. The molecular formula is C15H18FNO2. The van der Waals surface area contributed by atoms with Crippen LogP contribution in [0.3, 0.4) is 0 Å². The predicted octanol–water partition coefficient (Wildman–Crippen LogP) is 2.97. The van der Waals surface area contributed by atoms with E-state index in [1.54, 1.807) is 24.5 Å². The zero-order chi connectivity index (χ0) is 13.7. The molecule has 0 radical (unpaired) electrons. The highest BCUT2D eigenvalue weighted by Crippen LogP contribution is 2.20. The summed E-state index contributed by atoms with van der Waals surface area (Å²) in [6.45, 7) is 1.34. The van der Waals surface area contributed by atoms with E-state index < -0.39 is 6.10 Å². The minimum atomic E-state index is -0.778. The van der Waals surface area contributed by atoms with Crippen LogP contribution in [0.4, 0.5) is 4.39 Å². The summed E-state index contributed by atoms with van der Waals surface area (Å²) in [5, 5.41) is 9.99. The molecule has 0 bridgehead atoms. The molecule has 4 heteroatoms. The van der Waals surface area contributed by atoms with Crippen molar-refractivity contribution in [3.63, 3.8) is 0 Å². The van der Waals surface area contributed by atoms with Crippen molar-refractivity contribution in [2.75, 3.05) is 13.6 Å². The van der Waals surface area contributed by atoms with Gasteiger partial charge in [0.15, 0.2) is 0 Å². The highest BCUT2D eigenvalue weighted by molar-refractivity contribution is 5.19. The van der Waals surface area contributed by atoms with Crippen molar-refractivity contribution in [2.24, 2.45) is 0 Å². The Morgan fingerprint density at radius 2 is 2.05 bits per heavy atom. The molecule has 0 aliphatic heterocycles. The summed E-state index contributed by atoms with van der Waals surface area (Å²) in [6, 6.07) is 10.1. The van der Waals surface area contributed by atoms with E-state index in [1.807, 2.05) is 24.1 Å². The van der Waals surface area contributed by atoms with Crippen molar-refractivity contribution in [3.05, 3.63) is 59.8 Å². The fourth-order valence-electron chi connectivity index (χ4n) is 1.99. The van der Waals surface area contributed by atoms with Gasteiger partial charge in [0.05, 0.1) is 18.9 Å². The van der Waals surface area contributed by atoms with Crippen molar-refractivity contribution < 1.29 is 13.9 Å². The Kier molecular flexibility index (Phi) is 4.71. The van der Waals surface area contributed by atoms with Gasteiger partial charge in [0, 0.05) is 12.1 Å². The van der Waals surface area contributed by atoms with Crippen LogP contribution < -0.4 is 0 Å². The van der Waals surface area contributed by atoms with E-state index in [1.165, 1.54) is 6.07 Å². The molecule has 0 saturated carbocycles. The molecule has 1 aromatic heterocycles.